The van der Waals surface area contributed by atoms with E-state index in [1.54, 1.807) is 0 Å². The molecule has 0 saturated carbocycles. The van der Waals surface area contributed by atoms with Gasteiger partial charge in [-0.1, -0.05) is 153 Å². The molecule has 0 saturated heterocycles. The first-order valence-corrected chi connectivity index (χ1v) is 21.1. The third-order valence-corrected chi connectivity index (χ3v) is 13.3. The quantitative estimate of drug-likeness (QED) is 0.178. The molecule has 0 atom stereocenters. The Morgan fingerprint density at radius 2 is 1.02 bits per heavy atom. The average molecular weight is 779 g/mol. The number of nitrogens with zero attached hydrogens (tertiary/aromatic N) is 4. The Morgan fingerprint density at radius 3 is 1.80 bits per heavy atom. The maximum Gasteiger partial charge on any atom is 0.160 e. The molecular weight excluding hydrogens is 741 g/mol. The number of hydrogen-bond donors (Lipinski definition) is 0. The third kappa shape index (κ3) is 4.82. The van der Waals surface area contributed by atoms with Crippen LogP contribution in [0, 0.1) is 0 Å². The Morgan fingerprint density at radius 1 is 0.410 bits per heavy atom. The minimum absolute atomic E-state index is 0.181. The predicted molar refractivity (Wildman–Crippen MR) is 254 cm³/mol. The summed E-state index contributed by atoms with van der Waals surface area (Å²) in [4.78, 5) is 10.7. The maximum atomic E-state index is 5.49. The highest BCUT2D eigenvalue weighted by atomic mass is 15.0. The van der Waals surface area contributed by atoms with Crippen LogP contribution in [0.4, 0.5) is 0 Å². The Hall–Kier alpha value is -7.82. The molecule has 0 N–H and O–H groups in total. The summed E-state index contributed by atoms with van der Waals surface area (Å²) < 4.78 is 4.84. The summed E-state index contributed by atoms with van der Waals surface area (Å²) >= 11 is 0. The molecule has 0 radical (unpaired) electrons. The van der Waals surface area contributed by atoms with Gasteiger partial charge in [0.1, 0.15) is 0 Å². The monoisotopic (exact) mass is 778 g/mol. The lowest BCUT2D eigenvalue weighted by Gasteiger charge is -2.24. The van der Waals surface area contributed by atoms with Crippen molar-refractivity contribution in [2.24, 2.45) is 0 Å². The van der Waals surface area contributed by atoms with Gasteiger partial charge in [-0.3, -0.25) is 0 Å². The molecule has 0 fully saturated rings. The van der Waals surface area contributed by atoms with Crippen LogP contribution in [-0.2, 0) is 5.41 Å². The molecule has 9 aromatic carbocycles. The predicted octanol–water partition coefficient (Wildman–Crippen LogP) is 14.6. The van der Waals surface area contributed by atoms with Gasteiger partial charge in [0.25, 0.3) is 0 Å². The third-order valence-electron chi connectivity index (χ3n) is 13.3. The number of hydrogen-bond acceptors (Lipinski definition) is 2. The molecule has 286 valence electrons. The highest BCUT2D eigenvalue weighted by molar-refractivity contribution is 6.16. The van der Waals surface area contributed by atoms with Crippen LogP contribution in [0.1, 0.15) is 25.0 Å². The second-order valence-corrected chi connectivity index (χ2v) is 17.0. The zero-order chi connectivity index (χ0) is 40.4. The molecule has 13 rings (SSSR count). The van der Waals surface area contributed by atoms with Crippen molar-refractivity contribution in [3.05, 3.63) is 205 Å². The summed E-state index contributed by atoms with van der Waals surface area (Å²) in [6, 6.07) is 70.5. The number of para-hydroxylation sites is 4. The summed E-state index contributed by atoms with van der Waals surface area (Å²) in [5.74, 6) is 0.712. The second kappa shape index (κ2) is 12.6. The SMILES string of the molecule is CC1(C)c2ccccc2-c2cccc(-c3nc(-c4cccc(-n5c6ccccc6c6cc7c(-n8c9ccccc9c9ccccc98)cccc7cc65)c4)nc4ccccc34)c21. The Bertz CT molecular complexity index is 3750. The van der Waals surface area contributed by atoms with Crippen molar-refractivity contribution in [3.8, 4) is 45.1 Å². The van der Waals surface area contributed by atoms with E-state index < -0.39 is 0 Å². The van der Waals surface area contributed by atoms with Crippen molar-refractivity contribution in [2.75, 3.05) is 0 Å². The van der Waals surface area contributed by atoms with Crippen LogP contribution < -0.4 is 0 Å². The number of fused-ring (bicyclic) bond motifs is 11. The van der Waals surface area contributed by atoms with Crippen LogP contribution in [0.5, 0.6) is 0 Å². The van der Waals surface area contributed by atoms with Crippen molar-refractivity contribution >= 4 is 65.3 Å². The molecule has 61 heavy (non-hydrogen) atoms. The number of rotatable bonds is 4. The van der Waals surface area contributed by atoms with E-state index in [-0.39, 0.29) is 5.41 Å². The number of benzene rings is 9. The van der Waals surface area contributed by atoms with E-state index in [4.69, 9.17) is 9.97 Å². The molecule has 0 unspecified atom stereocenters. The van der Waals surface area contributed by atoms with Crippen molar-refractivity contribution in [2.45, 2.75) is 19.3 Å². The van der Waals surface area contributed by atoms with Crippen molar-refractivity contribution in [3.63, 3.8) is 0 Å². The normalized spacial score (nSPS) is 13.2. The van der Waals surface area contributed by atoms with Crippen LogP contribution in [0.2, 0.25) is 0 Å². The van der Waals surface area contributed by atoms with Gasteiger partial charge in [-0.2, -0.15) is 0 Å². The van der Waals surface area contributed by atoms with E-state index in [1.807, 2.05) is 0 Å². The van der Waals surface area contributed by atoms with Gasteiger partial charge in [0, 0.05) is 54.5 Å². The lowest BCUT2D eigenvalue weighted by molar-refractivity contribution is 0.662. The van der Waals surface area contributed by atoms with E-state index >= 15 is 0 Å². The Kier molecular flexibility index (Phi) is 7.04. The second-order valence-electron chi connectivity index (χ2n) is 17.0. The van der Waals surface area contributed by atoms with Crippen LogP contribution >= 0.6 is 0 Å². The van der Waals surface area contributed by atoms with Gasteiger partial charge in [-0.05, 0) is 82.2 Å². The lowest BCUT2D eigenvalue weighted by Crippen LogP contribution is -2.16. The molecule has 0 aliphatic heterocycles. The van der Waals surface area contributed by atoms with E-state index in [0.717, 1.165) is 44.4 Å². The summed E-state index contributed by atoms with van der Waals surface area (Å²) in [7, 11) is 0. The van der Waals surface area contributed by atoms with E-state index in [0.29, 0.717) is 5.82 Å². The van der Waals surface area contributed by atoms with Crippen LogP contribution in [0.3, 0.4) is 0 Å². The molecule has 0 bridgehead atoms. The fourth-order valence-electron chi connectivity index (χ4n) is 10.6. The van der Waals surface area contributed by atoms with Gasteiger partial charge < -0.3 is 9.13 Å². The highest BCUT2D eigenvalue weighted by Gasteiger charge is 2.38. The summed E-state index contributed by atoms with van der Waals surface area (Å²) in [6.45, 7) is 4.68. The minimum atomic E-state index is -0.181. The molecule has 3 heterocycles. The molecule has 0 spiro atoms. The largest absolute Gasteiger partial charge is 0.309 e. The molecular formula is C57H38N4. The molecule has 4 heteroatoms. The maximum absolute atomic E-state index is 5.49. The zero-order valence-corrected chi connectivity index (χ0v) is 33.8. The smallest absolute Gasteiger partial charge is 0.160 e. The number of aromatic nitrogens is 4. The Labute approximate surface area is 352 Å². The fraction of sp³-hybridized carbons (Fsp3) is 0.0526. The van der Waals surface area contributed by atoms with Gasteiger partial charge >= 0.3 is 0 Å². The van der Waals surface area contributed by atoms with Crippen LogP contribution in [0.15, 0.2) is 194 Å². The highest BCUT2D eigenvalue weighted by Crippen LogP contribution is 2.52. The zero-order valence-electron chi connectivity index (χ0n) is 33.8. The van der Waals surface area contributed by atoms with Gasteiger partial charge in [0.05, 0.1) is 39.0 Å². The Balaban J connectivity index is 1.01. The first-order chi connectivity index (χ1) is 30.0. The molecule has 0 amide bonds. The first-order valence-electron chi connectivity index (χ1n) is 21.1. The standard InChI is InChI=1S/C57H38N4/c1-57(2)47-26-8-3-19-38(47)42-24-15-25-44(54(42)57)55-43-23-4-9-27-48(43)58-56(59-55)36-17-13-18-37(32-36)60-49-28-10-7-22-41(49)46-34-45-35(33-53(46)60)16-14-31-52(45)61-50-29-11-5-20-39(50)40-21-6-12-30-51(40)61/h3-34H,1-2H3. The molecule has 3 aromatic heterocycles. The van der Waals surface area contributed by atoms with Gasteiger partial charge in [-0.15, -0.1) is 0 Å². The van der Waals surface area contributed by atoms with Crippen LogP contribution in [0.25, 0.3) is 110 Å². The molecule has 1 aliphatic carbocycles. The molecule has 1 aliphatic rings. The van der Waals surface area contributed by atoms with Gasteiger partial charge in [0.2, 0.25) is 0 Å². The van der Waals surface area contributed by atoms with Crippen molar-refractivity contribution in [1.29, 1.82) is 0 Å². The van der Waals surface area contributed by atoms with E-state index in [9.17, 15) is 0 Å². The average Bonchev–Trinajstić information content (AvgIpc) is 3.90. The minimum Gasteiger partial charge on any atom is -0.309 e. The van der Waals surface area contributed by atoms with Gasteiger partial charge in [0.15, 0.2) is 5.82 Å². The summed E-state index contributed by atoms with van der Waals surface area (Å²) in [5, 5.41) is 8.41. The van der Waals surface area contributed by atoms with Crippen molar-refractivity contribution in [1.82, 2.24) is 19.1 Å². The fourth-order valence-corrected chi connectivity index (χ4v) is 10.6. The van der Waals surface area contributed by atoms with Crippen LogP contribution in [-0.4, -0.2) is 19.1 Å². The first kappa shape index (κ1) is 34.1. The summed E-state index contributed by atoms with van der Waals surface area (Å²) in [5.41, 5.74) is 16.1. The topological polar surface area (TPSA) is 35.6 Å². The lowest BCUT2D eigenvalue weighted by atomic mass is 9.79. The molecule has 12 aromatic rings. The van der Waals surface area contributed by atoms with E-state index in [2.05, 4.69) is 217 Å². The van der Waals surface area contributed by atoms with Gasteiger partial charge in [-0.25, -0.2) is 9.97 Å². The molecule has 4 nitrogen and oxygen atoms in total. The summed E-state index contributed by atoms with van der Waals surface area (Å²) in [6.07, 6.45) is 0. The van der Waals surface area contributed by atoms with E-state index in [1.165, 1.54) is 71.3 Å². The van der Waals surface area contributed by atoms with Crippen molar-refractivity contribution < 1.29 is 0 Å².